The van der Waals surface area contributed by atoms with Crippen LogP contribution in [0.25, 0.3) is 0 Å². The van der Waals surface area contributed by atoms with Gasteiger partial charge in [0, 0.05) is 38.3 Å². The van der Waals surface area contributed by atoms with Gasteiger partial charge in [-0.2, -0.15) is 9.97 Å². The molecule has 1 saturated carbocycles. The average Bonchev–Trinajstić information content (AvgIpc) is 3.02. The first-order valence-electron chi connectivity index (χ1n) is 12.5. The van der Waals surface area contributed by atoms with Crippen molar-refractivity contribution in [2.45, 2.75) is 84.1 Å². The van der Waals surface area contributed by atoms with Gasteiger partial charge in [-0.25, -0.2) is 0 Å². The van der Waals surface area contributed by atoms with Crippen LogP contribution >= 0.6 is 12.2 Å². The highest BCUT2D eigenvalue weighted by molar-refractivity contribution is 7.80. The van der Waals surface area contributed by atoms with Crippen molar-refractivity contribution in [3.8, 4) is 0 Å². The van der Waals surface area contributed by atoms with Crippen LogP contribution in [-0.4, -0.2) is 47.3 Å². The standard InChI is InChI=1S/C24H40N6S/c1-18-11-14-29(15-12-18)21-16-22(30-13-7-8-19(2)17-30)27-23(26-21)28-24(31)25-20-9-5-3-4-6-10-20/h16,18-20H,3-15,17H2,1-2H3,(H2,25,26,27,28,31)/t19-/m0/s1. The fourth-order valence-corrected chi connectivity index (χ4v) is 5.44. The first-order valence-corrected chi connectivity index (χ1v) is 12.9. The Kier molecular flexibility index (Phi) is 7.86. The smallest absolute Gasteiger partial charge is 0.232 e. The van der Waals surface area contributed by atoms with Crippen LogP contribution in [0.2, 0.25) is 0 Å². The van der Waals surface area contributed by atoms with Crippen LogP contribution in [0, 0.1) is 11.8 Å². The molecular weight excluding hydrogens is 404 g/mol. The fraction of sp³-hybridized carbons (Fsp3) is 0.792. The SMILES string of the molecule is CC1CCN(c2cc(N3CCC[C@H](C)C3)nc(NC(=S)NC3CCCCCC3)n2)CC1. The van der Waals surface area contributed by atoms with Crippen LogP contribution in [0.3, 0.4) is 0 Å². The first kappa shape index (κ1) is 22.6. The summed E-state index contributed by atoms with van der Waals surface area (Å²) in [6, 6.07) is 2.66. The lowest BCUT2D eigenvalue weighted by Crippen LogP contribution is -2.39. The maximum atomic E-state index is 5.67. The highest BCUT2D eigenvalue weighted by atomic mass is 32.1. The summed E-state index contributed by atoms with van der Waals surface area (Å²) >= 11 is 5.67. The predicted molar refractivity (Wildman–Crippen MR) is 134 cm³/mol. The van der Waals surface area contributed by atoms with Gasteiger partial charge in [-0.1, -0.05) is 39.5 Å². The predicted octanol–water partition coefficient (Wildman–Crippen LogP) is 4.96. The Morgan fingerprint density at radius 2 is 1.52 bits per heavy atom. The largest absolute Gasteiger partial charge is 0.360 e. The van der Waals surface area contributed by atoms with Gasteiger partial charge >= 0.3 is 0 Å². The summed E-state index contributed by atoms with van der Waals surface area (Å²) in [7, 11) is 0. The van der Waals surface area contributed by atoms with Crippen molar-refractivity contribution in [1.82, 2.24) is 15.3 Å². The first-order chi connectivity index (χ1) is 15.1. The van der Waals surface area contributed by atoms with Crippen LogP contribution in [0.5, 0.6) is 0 Å². The van der Waals surface area contributed by atoms with E-state index in [1.807, 2.05) is 0 Å². The second-order valence-electron chi connectivity index (χ2n) is 10.1. The van der Waals surface area contributed by atoms with E-state index in [1.54, 1.807) is 0 Å². The molecule has 0 bridgehead atoms. The van der Waals surface area contributed by atoms with Gasteiger partial charge in [-0.3, -0.25) is 0 Å². The lowest BCUT2D eigenvalue weighted by Gasteiger charge is -2.34. The Labute approximate surface area is 193 Å². The van der Waals surface area contributed by atoms with E-state index in [1.165, 1.54) is 64.2 Å². The minimum Gasteiger partial charge on any atom is -0.360 e. The van der Waals surface area contributed by atoms with Gasteiger partial charge in [-0.05, 0) is 62.6 Å². The summed E-state index contributed by atoms with van der Waals surface area (Å²) in [6.07, 6.45) is 12.6. The lowest BCUT2D eigenvalue weighted by atomic mass is 9.99. The fourth-order valence-electron chi connectivity index (χ4n) is 5.18. The maximum Gasteiger partial charge on any atom is 0.232 e. The van der Waals surface area contributed by atoms with E-state index in [0.717, 1.165) is 43.7 Å². The molecule has 0 amide bonds. The van der Waals surface area contributed by atoms with Crippen molar-refractivity contribution in [3.05, 3.63) is 6.07 Å². The minimum atomic E-state index is 0.469. The molecule has 1 aromatic heterocycles. The minimum absolute atomic E-state index is 0.469. The molecule has 6 nitrogen and oxygen atoms in total. The number of hydrogen-bond donors (Lipinski definition) is 2. The number of nitrogens with one attached hydrogen (secondary N) is 2. The normalized spacial score (nSPS) is 24.0. The Morgan fingerprint density at radius 1 is 0.839 bits per heavy atom. The molecule has 0 radical (unpaired) electrons. The maximum absolute atomic E-state index is 5.67. The second kappa shape index (κ2) is 10.8. The van der Waals surface area contributed by atoms with Crippen molar-refractivity contribution < 1.29 is 0 Å². The summed E-state index contributed by atoms with van der Waals surface area (Å²) in [5, 5.41) is 7.53. The van der Waals surface area contributed by atoms with Gasteiger partial charge in [-0.15, -0.1) is 0 Å². The molecule has 3 fully saturated rings. The van der Waals surface area contributed by atoms with E-state index in [0.29, 0.717) is 23.0 Å². The van der Waals surface area contributed by atoms with Gasteiger partial charge in [0.15, 0.2) is 5.11 Å². The molecule has 1 atom stereocenters. The zero-order valence-electron chi connectivity index (χ0n) is 19.4. The molecule has 1 aliphatic carbocycles. The van der Waals surface area contributed by atoms with Crippen molar-refractivity contribution in [2.24, 2.45) is 11.8 Å². The number of rotatable bonds is 4. The van der Waals surface area contributed by atoms with Gasteiger partial charge in [0.2, 0.25) is 5.95 Å². The van der Waals surface area contributed by atoms with E-state index in [2.05, 4.69) is 40.3 Å². The molecule has 7 heteroatoms. The third kappa shape index (κ3) is 6.43. The Bertz CT molecular complexity index is 725. The van der Waals surface area contributed by atoms with Crippen LogP contribution in [0.4, 0.5) is 17.6 Å². The van der Waals surface area contributed by atoms with E-state index in [9.17, 15) is 0 Å². The number of nitrogens with zero attached hydrogens (tertiary/aromatic N) is 4. The summed E-state index contributed by atoms with van der Waals surface area (Å²) < 4.78 is 0. The van der Waals surface area contributed by atoms with E-state index >= 15 is 0 Å². The number of hydrogen-bond acceptors (Lipinski definition) is 5. The molecule has 172 valence electrons. The molecular formula is C24H40N6S. The van der Waals surface area contributed by atoms with Crippen LogP contribution in [0.15, 0.2) is 6.07 Å². The number of piperidine rings is 2. The van der Waals surface area contributed by atoms with Crippen molar-refractivity contribution >= 4 is 34.9 Å². The summed E-state index contributed by atoms with van der Waals surface area (Å²) in [5.74, 6) is 4.21. The number of thiocarbonyl (C=S) groups is 1. The van der Waals surface area contributed by atoms with Gasteiger partial charge in [0.05, 0.1) is 0 Å². The molecule has 2 aliphatic heterocycles. The second-order valence-corrected chi connectivity index (χ2v) is 10.5. The zero-order valence-corrected chi connectivity index (χ0v) is 20.2. The molecule has 2 N–H and O–H groups in total. The van der Waals surface area contributed by atoms with E-state index in [4.69, 9.17) is 22.2 Å². The van der Waals surface area contributed by atoms with Gasteiger partial charge in [0.25, 0.3) is 0 Å². The number of anilines is 3. The third-order valence-corrected chi connectivity index (χ3v) is 7.42. The summed E-state index contributed by atoms with van der Waals surface area (Å²) in [6.45, 7) is 8.96. The van der Waals surface area contributed by atoms with E-state index < -0.39 is 0 Å². The average molecular weight is 445 g/mol. The monoisotopic (exact) mass is 444 g/mol. The molecule has 0 unspecified atom stereocenters. The summed E-state index contributed by atoms with van der Waals surface area (Å²) in [4.78, 5) is 14.7. The van der Waals surface area contributed by atoms with Crippen LogP contribution < -0.4 is 20.4 Å². The topological polar surface area (TPSA) is 56.3 Å². The lowest BCUT2D eigenvalue weighted by molar-refractivity contribution is 0.435. The van der Waals surface area contributed by atoms with Crippen LogP contribution in [-0.2, 0) is 0 Å². The van der Waals surface area contributed by atoms with E-state index in [-0.39, 0.29) is 0 Å². The quantitative estimate of drug-likeness (QED) is 0.503. The Balaban J connectivity index is 1.50. The van der Waals surface area contributed by atoms with Gasteiger partial charge in [0.1, 0.15) is 11.6 Å². The molecule has 0 spiro atoms. The van der Waals surface area contributed by atoms with Gasteiger partial charge < -0.3 is 20.4 Å². The van der Waals surface area contributed by atoms with Crippen molar-refractivity contribution in [2.75, 3.05) is 41.3 Å². The highest BCUT2D eigenvalue weighted by Gasteiger charge is 2.23. The van der Waals surface area contributed by atoms with Crippen LogP contribution in [0.1, 0.15) is 78.1 Å². The molecule has 4 rings (SSSR count). The molecule has 0 aromatic carbocycles. The molecule has 2 saturated heterocycles. The highest BCUT2D eigenvalue weighted by Crippen LogP contribution is 2.28. The molecule has 31 heavy (non-hydrogen) atoms. The summed E-state index contributed by atoms with van der Waals surface area (Å²) in [5.41, 5.74) is 0. The Morgan fingerprint density at radius 3 is 2.19 bits per heavy atom. The molecule has 1 aromatic rings. The molecule has 3 heterocycles. The third-order valence-electron chi connectivity index (χ3n) is 7.20. The number of aromatic nitrogens is 2. The van der Waals surface area contributed by atoms with Crippen molar-refractivity contribution in [1.29, 1.82) is 0 Å². The van der Waals surface area contributed by atoms with Crippen molar-refractivity contribution in [3.63, 3.8) is 0 Å². The molecule has 3 aliphatic rings. The Hall–Kier alpha value is -1.63. The zero-order chi connectivity index (χ0) is 21.6.